The second-order valence-corrected chi connectivity index (χ2v) is 5.93. The van der Waals surface area contributed by atoms with Crippen LogP contribution >= 0.6 is 0 Å². The van der Waals surface area contributed by atoms with Crippen LogP contribution in [-0.4, -0.2) is 42.5 Å². The number of nitrogens with zero attached hydrogens (tertiary/aromatic N) is 1. The van der Waals surface area contributed by atoms with Gasteiger partial charge in [0.05, 0.1) is 6.04 Å². The van der Waals surface area contributed by atoms with Crippen molar-refractivity contribution in [1.82, 2.24) is 10.2 Å². The molecule has 1 aliphatic rings. The molecule has 0 aromatic carbocycles. The lowest BCUT2D eigenvalue weighted by molar-refractivity contribution is -0.122. The van der Waals surface area contributed by atoms with Crippen LogP contribution in [0.25, 0.3) is 0 Å². The quantitative estimate of drug-likeness (QED) is 0.753. The van der Waals surface area contributed by atoms with Gasteiger partial charge in [0.1, 0.15) is 0 Å². The molecule has 1 saturated heterocycles. The molecule has 0 radical (unpaired) electrons. The number of amides is 1. The van der Waals surface area contributed by atoms with Crippen molar-refractivity contribution < 1.29 is 4.79 Å². The predicted molar refractivity (Wildman–Crippen MR) is 75.3 cm³/mol. The number of carbonyl (C=O) groups is 1. The van der Waals surface area contributed by atoms with Crippen molar-refractivity contribution in [2.45, 2.75) is 58.5 Å². The first-order valence-electron chi connectivity index (χ1n) is 7.28. The summed E-state index contributed by atoms with van der Waals surface area (Å²) in [6.07, 6.45) is 4.66. The topological polar surface area (TPSA) is 58.4 Å². The third-order valence-electron chi connectivity index (χ3n) is 3.65. The highest BCUT2D eigenvalue weighted by Crippen LogP contribution is 2.11. The lowest BCUT2D eigenvalue weighted by Crippen LogP contribution is -2.48. The van der Waals surface area contributed by atoms with Crippen LogP contribution < -0.4 is 11.1 Å². The molecular formula is C14H29N3O. The van der Waals surface area contributed by atoms with Gasteiger partial charge in [0.25, 0.3) is 0 Å². The molecule has 1 rings (SSSR count). The first-order valence-corrected chi connectivity index (χ1v) is 7.28. The Morgan fingerprint density at radius 3 is 2.39 bits per heavy atom. The molecule has 18 heavy (non-hydrogen) atoms. The minimum atomic E-state index is -0.362. The van der Waals surface area contributed by atoms with E-state index in [2.05, 4.69) is 31.0 Å². The maximum atomic E-state index is 11.8. The smallest absolute Gasteiger partial charge is 0.236 e. The summed E-state index contributed by atoms with van der Waals surface area (Å²) in [5, 5.41) is 2.98. The number of carbonyl (C=O) groups excluding carboxylic acids is 1. The second-order valence-electron chi connectivity index (χ2n) is 5.93. The van der Waals surface area contributed by atoms with E-state index in [1.54, 1.807) is 0 Å². The summed E-state index contributed by atoms with van der Waals surface area (Å²) in [6.45, 7) is 9.39. The van der Waals surface area contributed by atoms with E-state index in [1.807, 2.05) is 0 Å². The fraction of sp³-hybridized carbons (Fsp3) is 0.929. The number of nitrogens with one attached hydrogen (secondary N) is 1. The summed E-state index contributed by atoms with van der Waals surface area (Å²) < 4.78 is 0. The second kappa shape index (κ2) is 7.74. The number of piperidine rings is 1. The summed E-state index contributed by atoms with van der Waals surface area (Å²) in [5.41, 5.74) is 5.86. The highest BCUT2D eigenvalue weighted by Gasteiger charge is 2.19. The standard InChI is InChI=1S/C14H29N3O/c1-11(2)9-13(15)14(18)16-10-12(3)17-7-5-4-6-8-17/h11-13H,4-10,15H2,1-3H3,(H,16,18). The van der Waals surface area contributed by atoms with Crippen LogP contribution in [0.15, 0.2) is 0 Å². The molecule has 4 nitrogen and oxygen atoms in total. The zero-order valence-corrected chi connectivity index (χ0v) is 12.1. The first-order chi connectivity index (χ1) is 8.50. The van der Waals surface area contributed by atoms with E-state index in [9.17, 15) is 4.79 Å². The van der Waals surface area contributed by atoms with E-state index in [1.165, 1.54) is 19.3 Å². The minimum Gasteiger partial charge on any atom is -0.353 e. The number of hydrogen-bond acceptors (Lipinski definition) is 3. The molecule has 0 saturated carbocycles. The van der Waals surface area contributed by atoms with Crippen molar-refractivity contribution in [3.05, 3.63) is 0 Å². The van der Waals surface area contributed by atoms with E-state index >= 15 is 0 Å². The maximum absolute atomic E-state index is 11.8. The Kier molecular flexibility index (Phi) is 6.65. The van der Waals surface area contributed by atoms with Gasteiger partial charge in [-0.25, -0.2) is 0 Å². The molecule has 1 fully saturated rings. The lowest BCUT2D eigenvalue weighted by Gasteiger charge is -2.32. The summed E-state index contributed by atoms with van der Waals surface area (Å²) in [4.78, 5) is 14.3. The number of likely N-dealkylation sites (tertiary alicyclic amines) is 1. The van der Waals surface area contributed by atoms with E-state index in [0.717, 1.165) is 19.5 Å². The van der Waals surface area contributed by atoms with Crippen molar-refractivity contribution in [1.29, 1.82) is 0 Å². The molecule has 1 aliphatic heterocycles. The van der Waals surface area contributed by atoms with Gasteiger partial charge in [0, 0.05) is 12.6 Å². The SMILES string of the molecule is CC(C)CC(N)C(=O)NCC(C)N1CCCCC1. The van der Waals surface area contributed by atoms with Crippen LogP contribution in [0.5, 0.6) is 0 Å². The monoisotopic (exact) mass is 255 g/mol. The molecule has 1 amide bonds. The zero-order valence-electron chi connectivity index (χ0n) is 12.1. The van der Waals surface area contributed by atoms with Gasteiger partial charge in [-0.1, -0.05) is 20.3 Å². The van der Waals surface area contributed by atoms with Crippen LogP contribution in [-0.2, 0) is 4.79 Å². The molecule has 106 valence electrons. The van der Waals surface area contributed by atoms with Gasteiger partial charge in [0.15, 0.2) is 0 Å². The molecule has 0 bridgehead atoms. The molecule has 0 aliphatic carbocycles. The first kappa shape index (κ1) is 15.4. The maximum Gasteiger partial charge on any atom is 0.236 e. The van der Waals surface area contributed by atoms with Gasteiger partial charge in [0.2, 0.25) is 5.91 Å². The number of rotatable bonds is 6. The van der Waals surface area contributed by atoms with Gasteiger partial charge in [-0.3, -0.25) is 9.69 Å². The van der Waals surface area contributed by atoms with E-state index in [4.69, 9.17) is 5.73 Å². The fourth-order valence-electron chi connectivity index (χ4n) is 2.48. The van der Waals surface area contributed by atoms with Crippen LogP contribution in [0, 0.1) is 5.92 Å². The van der Waals surface area contributed by atoms with Gasteiger partial charge < -0.3 is 11.1 Å². The molecule has 4 heteroatoms. The summed E-state index contributed by atoms with van der Waals surface area (Å²) >= 11 is 0. The van der Waals surface area contributed by atoms with Crippen LogP contribution in [0.4, 0.5) is 0 Å². The van der Waals surface area contributed by atoms with E-state index in [-0.39, 0.29) is 11.9 Å². The molecule has 2 atom stereocenters. The number of nitrogens with two attached hydrogens (primary N) is 1. The largest absolute Gasteiger partial charge is 0.353 e. The molecular weight excluding hydrogens is 226 g/mol. The highest BCUT2D eigenvalue weighted by molar-refractivity contribution is 5.81. The van der Waals surface area contributed by atoms with Crippen molar-refractivity contribution in [3.63, 3.8) is 0 Å². The zero-order chi connectivity index (χ0) is 13.5. The predicted octanol–water partition coefficient (Wildman–Crippen LogP) is 1.35. The molecule has 2 unspecified atom stereocenters. The van der Waals surface area contributed by atoms with Crippen molar-refractivity contribution in [2.75, 3.05) is 19.6 Å². The van der Waals surface area contributed by atoms with Crippen LogP contribution in [0.2, 0.25) is 0 Å². The Hall–Kier alpha value is -0.610. The van der Waals surface area contributed by atoms with Crippen LogP contribution in [0.1, 0.15) is 46.5 Å². The van der Waals surface area contributed by atoms with Crippen molar-refractivity contribution >= 4 is 5.91 Å². The Bertz CT molecular complexity index is 249. The highest BCUT2D eigenvalue weighted by atomic mass is 16.2. The molecule has 0 aromatic rings. The molecule has 1 heterocycles. The number of hydrogen-bond donors (Lipinski definition) is 2. The van der Waals surface area contributed by atoms with Gasteiger partial charge in [-0.15, -0.1) is 0 Å². The van der Waals surface area contributed by atoms with Crippen molar-refractivity contribution in [2.24, 2.45) is 11.7 Å². The molecule has 0 aromatic heterocycles. The average molecular weight is 255 g/mol. The van der Waals surface area contributed by atoms with E-state index < -0.39 is 0 Å². The Balaban J connectivity index is 2.24. The average Bonchev–Trinajstić information content (AvgIpc) is 2.35. The van der Waals surface area contributed by atoms with E-state index in [0.29, 0.717) is 18.5 Å². The normalized spacial score (nSPS) is 20.7. The molecule has 3 N–H and O–H groups in total. The third-order valence-corrected chi connectivity index (χ3v) is 3.65. The Morgan fingerprint density at radius 2 is 1.83 bits per heavy atom. The van der Waals surface area contributed by atoms with Gasteiger partial charge in [-0.05, 0) is 45.2 Å². The lowest BCUT2D eigenvalue weighted by atomic mass is 10.0. The fourth-order valence-corrected chi connectivity index (χ4v) is 2.48. The van der Waals surface area contributed by atoms with Gasteiger partial charge >= 0.3 is 0 Å². The molecule has 0 spiro atoms. The van der Waals surface area contributed by atoms with Crippen LogP contribution in [0.3, 0.4) is 0 Å². The summed E-state index contributed by atoms with van der Waals surface area (Å²) in [6, 6.07) is 0.0547. The van der Waals surface area contributed by atoms with Crippen molar-refractivity contribution in [3.8, 4) is 0 Å². The Morgan fingerprint density at radius 1 is 1.22 bits per heavy atom. The minimum absolute atomic E-state index is 0.00689. The Labute approximate surface area is 111 Å². The summed E-state index contributed by atoms with van der Waals surface area (Å²) in [7, 11) is 0. The summed E-state index contributed by atoms with van der Waals surface area (Å²) in [5.74, 6) is 0.456. The third kappa shape index (κ3) is 5.36. The van der Waals surface area contributed by atoms with Gasteiger partial charge in [-0.2, -0.15) is 0 Å².